The molecule has 1 heterocycles. The fraction of sp³-hybridized carbons (Fsp3) is 0.333. The highest BCUT2D eigenvalue weighted by atomic mass is 16.5. The summed E-state index contributed by atoms with van der Waals surface area (Å²) in [5.41, 5.74) is 1.19. The second-order valence-electron chi connectivity index (χ2n) is 5.46. The van der Waals surface area contributed by atoms with Gasteiger partial charge in [-0.1, -0.05) is 32.9 Å². The number of nitrogens with zero attached hydrogens (tertiary/aromatic N) is 1. The van der Waals surface area contributed by atoms with Gasteiger partial charge in [0.05, 0.1) is 12.8 Å². The number of hydrogen-bond acceptors (Lipinski definition) is 3. The van der Waals surface area contributed by atoms with E-state index in [2.05, 4.69) is 9.97 Å². The van der Waals surface area contributed by atoms with Crippen LogP contribution in [0.25, 0.3) is 11.3 Å². The summed E-state index contributed by atoms with van der Waals surface area (Å²) in [6.07, 6.45) is 0. The van der Waals surface area contributed by atoms with Crippen LogP contribution < -0.4 is 10.3 Å². The molecule has 0 aliphatic carbocycles. The molecule has 0 aliphatic rings. The second kappa shape index (κ2) is 4.88. The molecule has 1 aromatic heterocycles. The molecule has 1 N–H and O–H groups in total. The van der Waals surface area contributed by atoms with E-state index in [9.17, 15) is 4.79 Å². The first kappa shape index (κ1) is 13.3. The van der Waals surface area contributed by atoms with Gasteiger partial charge >= 0.3 is 0 Å². The van der Waals surface area contributed by atoms with Crippen molar-refractivity contribution in [2.75, 3.05) is 7.11 Å². The van der Waals surface area contributed by atoms with Crippen LogP contribution in [0.4, 0.5) is 0 Å². The summed E-state index contributed by atoms with van der Waals surface area (Å²) in [7, 11) is 1.62. The molecule has 0 bridgehead atoms. The third kappa shape index (κ3) is 3.02. The van der Waals surface area contributed by atoms with E-state index >= 15 is 0 Å². The zero-order chi connectivity index (χ0) is 14.0. The first-order valence-corrected chi connectivity index (χ1v) is 6.16. The first-order valence-electron chi connectivity index (χ1n) is 6.16. The molecule has 0 atom stereocenters. The van der Waals surface area contributed by atoms with E-state index in [1.165, 1.54) is 6.07 Å². The lowest BCUT2D eigenvalue weighted by Crippen LogP contribution is -2.21. The van der Waals surface area contributed by atoms with Gasteiger partial charge in [-0.2, -0.15) is 0 Å². The largest absolute Gasteiger partial charge is 0.497 e. The molecule has 0 radical (unpaired) electrons. The third-order valence-corrected chi connectivity index (χ3v) is 2.82. The summed E-state index contributed by atoms with van der Waals surface area (Å²) in [6, 6.07) is 9.03. The topological polar surface area (TPSA) is 55.0 Å². The van der Waals surface area contributed by atoms with Gasteiger partial charge in [-0.15, -0.1) is 0 Å². The zero-order valence-electron chi connectivity index (χ0n) is 11.7. The van der Waals surface area contributed by atoms with Crippen LogP contribution in [-0.4, -0.2) is 17.1 Å². The molecule has 0 spiro atoms. The Morgan fingerprint density at radius 3 is 2.58 bits per heavy atom. The number of ether oxygens (including phenoxy) is 1. The van der Waals surface area contributed by atoms with E-state index in [4.69, 9.17) is 4.74 Å². The minimum Gasteiger partial charge on any atom is -0.497 e. The van der Waals surface area contributed by atoms with Gasteiger partial charge in [0.15, 0.2) is 0 Å². The maximum Gasteiger partial charge on any atom is 0.251 e. The number of methoxy groups -OCH3 is 1. The van der Waals surface area contributed by atoms with Crippen LogP contribution in [0.1, 0.15) is 26.6 Å². The maximum atomic E-state index is 11.8. The van der Waals surface area contributed by atoms with E-state index in [1.807, 2.05) is 45.0 Å². The van der Waals surface area contributed by atoms with Crippen LogP contribution in [-0.2, 0) is 5.41 Å². The maximum absolute atomic E-state index is 11.8. The Morgan fingerprint density at radius 2 is 1.95 bits per heavy atom. The van der Waals surface area contributed by atoms with Gasteiger partial charge in [0.25, 0.3) is 5.56 Å². The number of aromatic nitrogens is 2. The Bertz CT molecular complexity index is 639. The standard InChI is InChI=1S/C15H18N2O2/c1-15(2,3)14-16-12(9-13(18)17-14)10-6-5-7-11(8-10)19-4/h5-9H,1-4H3,(H,16,17,18). The Kier molecular flexibility index (Phi) is 3.42. The molecule has 2 rings (SSSR count). The molecule has 1 aromatic carbocycles. The lowest BCUT2D eigenvalue weighted by molar-refractivity contribution is 0.415. The number of nitrogens with one attached hydrogen (secondary N) is 1. The van der Waals surface area contributed by atoms with Gasteiger partial charge in [0, 0.05) is 17.0 Å². The molecule has 4 nitrogen and oxygen atoms in total. The molecule has 0 saturated carbocycles. The molecule has 4 heteroatoms. The van der Waals surface area contributed by atoms with Gasteiger partial charge in [-0.3, -0.25) is 4.79 Å². The monoisotopic (exact) mass is 258 g/mol. The lowest BCUT2D eigenvalue weighted by Gasteiger charge is -2.17. The molecular formula is C15H18N2O2. The average Bonchev–Trinajstić information content (AvgIpc) is 2.37. The van der Waals surface area contributed by atoms with E-state index in [0.29, 0.717) is 11.5 Å². The summed E-state index contributed by atoms with van der Waals surface area (Å²) in [6.45, 7) is 6.04. The van der Waals surface area contributed by atoms with Gasteiger partial charge in [0.2, 0.25) is 0 Å². The SMILES string of the molecule is COc1cccc(-c2cc(=O)[nH]c(C(C)(C)C)n2)c1. The van der Waals surface area contributed by atoms with Crippen LogP contribution in [0, 0.1) is 0 Å². The molecule has 0 unspecified atom stereocenters. The van der Waals surface area contributed by atoms with Crippen molar-refractivity contribution in [3.63, 3.8) is 0 Å². The van der Waals surface area contributed by atoms with E-state index in [-0.39, 0.29) is 11.0 Å². The number of hydrogen-bond donors (Lipinski definition) is 1. The number of H-pyrrole nitrogens is 1. The van der Waals surface area contributed by atoms with E-state index in [1.54, 1.807) is 7.11 Å². The predicted octanol–water partition coefficient (Wildman–Crippen LogP) is 2.74. The van der Waals surface area contributed by atoms with E-state index < -0.39 is 0 Å². The highest BCUT2D eigenvalue weighted by molar-refractivity contribution is 5.60. The molecule has 19 heavy (non-hydrogen) atoms. The molecular weight excluding hydrogens is 240 g/mol. The molecule has 2 aromatic rings. The Hall–Kier alpha value is -2.10. The van der Waals surface area contributed by atoms with Crippen LogP contribution in [0.5, 0.6) is 5.75 Å². The van der Waals surface area contributed by atoms with Crippen molar-refractivity contribution in [1.29, 1.82) is 0 Å². The van der Waals surface area contributed by atoms with Crippen molar-refractivity contribution in [3.8, 4) is 17.0 Å². The fourth-order valence-corrected chi connectivity index (χ4v) is 1.74. The van der Waals surface area contributed by atoms with E-state index in [0.717, 1.165) is 11.3 Å². The lowest BCUT2D eigenvalue weighted by atomic mass is 9.95. The third-order valence-electron chi connectivity index (χ3n) is 2.82. The van der Waals surface area contributed by atoms with Crippen molar-refractivity contribution in [2.24, 2.45) is 0 Å². The van der Waals surface area contributed by atoms with Crippen LogP contribution in [0.3, 0.4) is 0 Å². The number of aromatic amines is 1. The Labute approximate surface area is 112 Å². The Balaban J connectivity index is 2.56. The molecule has 0 amide bonds. The smallest absolute Gasteiger partial charge is 0.251 e. The summed E-state index contributed by atoms with van der Waals surface area (Å²) < 4.78 is 5.19. The quantitative estimate of drug-likeness (QED) is 0.901. The minimum absolute atomic E-state index is 0.141. The van der Waals surface area contributed by atoms with Gasteiger partial charge in [-0.25, -0.2) is 4.98 Å². The summed E-state index contributed by atoms with van der Waals surface area (Å²) in [5.74, 6) is 1.43. The highest BCUT2D eigenvalue weighted by Crippen LogP contribution is 2.23. The molecule has 100 valence electrons. The van der Waals surface area contributed by atoms with Crippen LogP contribution in [0.2, 0.25) is 0 Å². The van der Waals surface area contributed by atoms with Crippen molar-refractivity contribution >= 4 is 0 Å². The minimum atomic E-state index is -0.200. The zero-order valence-corrected chi connectivity index (χ0v) is 11.7. The highest BCUT2D eigenvalue weighted by Gasteiger charge is 2.18. The molecule has 0 saturated heterocycles. The summed E-state index contributed by atoms with van der Waals surface area (Å²) in [4.78, 5) is 19.1. The van der Waals surface area contributed by atoms with Crippen molar-refractivity contribution < 1.29 is 4.74 Å². The van der Waals surface area contributed by atoms with Crippen LogP contribution in [0.15, 0.2) is 35.1 Å². The predicted molar refractivity (Wildman–Crippen MR) is 75.5 cm³/mol. The summed E-state index contributed by atoms with van der Waals surface area (Å²) in [5, 5.41) is 0. The summed E-state index contributed by atoms with van der Waals surface area (Å²) >= 11 is 0. The van der Waals surface area contributed by atoms with Gasteiger partial charge in [0.1, 0.15) is 11.6 Å². The van der Waals surface area contributed by atoms with Crippen LogP contribution >= 0.6 is 0 Å². The molecule has 0 aliphatic heterocycles. The number of benzene rings is 1. The van der Waals surface area contributed by atoms with Gasteiger partial charge < -0.3 is 9.72 Å². The Morgan fingerprint density at radius 1 is 1.21 bits per heavy atom. The van der Waals surface area contributed by atoms with Gasteiger partial charge in [-0.05, 0) is 12.1 Å². The first-order chi connectivity index (χ1) is 8.90. The number of rotatable bonds is 2. The fourth-order valence-electron chi connectivity index (χ4n) is 1.74. The van der Waals surface area contributed by atoms with Crippen molar-refractivity contribution in [1.82, 2.24) is 9.97 Å². The normalized spacial score (nSPS) is 11.4. The molecule has 0 fully saturated rings. The second-order valence-corrected chi connectivity index (χ2v) is 5.46. The van der Waals surface area contributed by atoms with Crippen molar-refractivity contribution in [3.05, 3.63) is 46.5 Å². The van der Waals surface area contributed by atoms with Crippen molar-refractivity contribution in [2.45, 2.75) is 26.2 Å². The average molecular weight is 258 g/mol.